The fourth-order valence-electron chi connectivity index (χ4n) is 3.82. The summed E-state index contributed by atoms with van der Waals surface area (Å²) in [6.07, 6.45) is 2.04. The average Bonchev–Trinajstić information content (AvgIpc) is 3.34. The smallest absolute Gasteiger partial charge is 0.274 e. The molecule has 1 unspecified atom stereocenters. The molecule has 1 aromatic carbocycles. The Balaban J connectivity index is 1.58. The van der Waals surface area contributed by atoms with E-state index in [9.17, 15) is 4.79 Å². The van der Waals surface area contributed by atoms with Crippen LogP contribution in [0.2, 0.25) is 0 Å². The van der Waals surface area contributed by atoms with Gasteiger partial charge < -0.3 is 9.47 Å². The van der Waals surface area contributed by atoms with E-state index in [1.165, 1.54) is 0 Å². The Labute approximate surface area is 153 Å². The van der Waals surface area contributed by atoms with Crippen molar-refractivity contribution in [2.45, 2.75) is 52.1 Å². The van der Waals surface area contributed by atoms with Crippen molar-refractivity contribution in [3.05, 3.63) is 47.5 Å². The molecule has 2 aromatic heterocycles. The molecule has 1 saturated heterocycles. The molecule has 136 valence electrons. The molecule has 6 heteroatoms. The lowest BCUT2D eigenvalue weighted by molar-refractivity contribution is 0.0718. The molecule has 0 bridgehead atoms. The number of hydrogen-bond acceptors (Lipinski definition) is 3. The number of imidazole rings is 1. The van der Waals surface area contributed by atoms with E-state index in [1.54, 1.807) is 0 Å². The van der Waals surface area contributed by atoms with Crippen LogP contribution in [-0.2, 0) is 6.54 Å². The summed E-state index contributed by atoms with van der Waals surface area (Å²) in [6.45, 7) is 7.78. The molecule has 6 nitrogen and oxygen atoms in total. The molecule has 1 amide bonds. The van der Waals surface area contributed by atoms with Crippen LogP contribution in [0.5, 0.6) is 0 Å². The maximum atomic E-state index is 13.0. The summed E-state index contributed by atoms with van der Waals surface area (Å²) >= 11 is 0. The fourth-order valence-corrected chi connectivity index (χ4v) is 3.82. The highest BCUT2D eigenvalue weighted by Crippen LogP contribution is 2.25. The molecule has 0 radical (unpaired) electrons. The molecule has 26 heavy (non-hydrogen) atoms. The number of carbonyl (C=O) groups excluding carboxylic acids is 1. The van der Waals surface area contributed by atoms with Crippen LogP contribution in [0.25, 0.3) is 11.0 Å². The number of nitrogens with one attached hydrogen (secondary N) is 1. The van der Waals surface area contributed by atoms with Crippen LogP contribution in [0.1, 0.15) is 54.6 Å². The molecule has 1 N–H and O–H groups in total. The van der Waals surface area contributed by atoms with Crippen LogP contribution in [0.15, 0.2) is 30.3 Å². The molecule has 1 atom stereocenters. The van der Waals surface area contributed by atoms with Gasteiger partial charge in [0, 0.05) is 18.8 Å². The average molecular weight is 351 g/mol. The Bertz CT molecular complexity index is 939. The number of para-hydroxylation sites is 2. The largest absolute Gasteiger partial charge is 0.332 e. The van der Waals surface area contributed by atoms with E-state index in [0.717, 1.165) is 48.5 Å². The Morgan fingerprint density at radius 2 is 2.15 bits per heavy atom. The van der Waals surface area contributed by atoms with E-state index in [-0.39, 0.29) is 11.9 Å². The number of amides is 1. The highest BCUT2D eigenvalue weighted by molar-refractivity contribution is 5.92. The molecule has 0 spiro atoms. The van der Waals surface area contributed by atoms with Crippen LogP contribution in [-0.4, -0.2) is 43.1 Å². The second kappa shape index (κ2) is 6.59. The van der Waals surface area contributed by atoms with Crippen molar-refractivity contribution < 1.29 is 4.79 Å². The number of aromatic amines is 1. The minimum absolute atomic E-state index is 0.0257. The van der Waals surface area contributed by atoms with E-state index >= 15 is 0 Å². The predicted molar refractivity (Wildman–Crippen MR) is 101 cm³/mol. The second-order valence-corrected chi connectivity index (χ2v) is 7.42. The number of carbonyl (C=O) groups is 1. The molecule has 4 rings (SSSR count). The number of fused-ring (bicyclic) bond motifs is 1. The van der Waals surface area contributed by atoms with E-state index in [2.05, 4.69) is 39.7 Å². The van der Waals surface area contributed by atoms with Gasteiger partial charge in [-0.25, -0.2) is 4.98 Å². The number of aryl methyl sites for hydroxylation is 1. The first-order valence-corrected chi connectivity index (χ1v) is 9.32. The minimum atomic E-state index is 0.0257. The zero-order valence-corrected chi connectivity index (χ0v) is 15.6. The standard InChI is InChI=1S/C20H25N5O/c1-13(2)17-11-18(23-22-17)20(26)24-10-6-7-15(24)12-25-14(3)21-16-8-4-5-9-19(16)25/h4-5,8-9,11,13,15H,6-7,10,12H2,1-3H3,(H,22,23). The summed E-state index contributed by atoms with van der Waals surface area (Å²) in [5.74, 6) is 1.35. The van der Waals surface area contributed by atoms with Crippen LogP contribution in [0, 0.1) is 6.92 Å². The van der Waals surface area contributed by atoms with Crippen molar-refractivity contribution in [2.75, 3.05) is 6.54 Å². The first-order chi connectivity index (χ1) is 12.5. The van der Waals surface area contributed by atoms with Gasteiger partial charge in [-0.3, -0.25) is 9.89 Å². The number of rotatable bonds is 4. The van der Waals surface area contributed by atoms with Crippen molar-refractivity contribution in [2.24, 2.45) is 0 Å². The minimum Gasteiger partial charge on any atom is -0.332 e. The third-order valence-corrected chi connectivity index (χ3v) is 5.32. The molecule has 0 saturated carbocycles. The Morgan fingerprint density at radius 3 is 2.92 bits per heavy atom. The van der Waals surface area contributed by atoms with Crippen LogP contribution < -0.4 is 0 Å². The van der Waals surface area contributed by atoms with Gasteiger partial charge in [-0.05, 0) is 43.9 Å². The molecule has 1 aliphatic rings. The van der Waals surface area contributed by atoms with Gasteiger partial charge in [0.15, 0.2) is 0 Å². The Hall–Kier alpha value is -2.63. The first-order valence-electron chi connectivity index (χ1n) is 9.32. The molecule has 3 heterocycles. The van der Waals surface area contributed by atoms with Gasteiger partial charge in [-0.1, -0.05) is 26.0 Å². The third-order valence-electron chi connectivity index (χ3n) is 5.32. The number of benzene rings is 1. The van der Waals surface area contributed by atoms with E-state index in [4.69, 9.17) is 0 Å². The topological polar surface area (TPSA) is 66.8 Å². The molecule has 1 aliphatic heterocycles. The summed E-state index contributed by atoms with van der Waals surface area (Å²) in [4.78, 5) is 19.6. The quantitative estimate of drug-likeness (QED) is 0.782. The Kier molecular flexibility index (Phi) is 4.26. The van der Waals surface area contributed by atoms with Crippen LogP contribution >= 0.6 is 0 Å². The van der Waals surface area contributed by atoms with Gasteiger partial charge in [-0.15, -0.1) is 0 Å². The van der Waals surface area contributed by atoms with Gasteiger partial charge in [0.1, 0.15) is 11.5 Å². The molecular weight excluding hydrogens is 326 g/mol. The summed E-state index contributed by atoms with van der Waals surface area (Å²) in [7, 11) is 0. The SMILES string of the molecule is Cc1nc2ccccc2n1CC1CCCN1C(=O)c1cc(C(C)C)[nH]n1. The highest BCUT2D eigenvalue weighted by atomic mass is 16.2. The van der Waals surface area contributed by atoms with Crippen LogP contribution in [0.4, 0.5) is 0 Å². The number of likely N-dealkylation sites (tertiary alicyclic amines) is 1. The number of nitrogens with zero attached hydrogens (tertiary/aromatic N) is 4. The first kappa shape index (κ1) is 16.8. The summed E-state index contributed by atoms with van der Waals surface area (Å²) < 4.78 is 2.23. The summed E-state index contributed by atoms with van der Waals surface area (Å²) in [5, 5.41) is 7.24. The monoisotopic (exact) mass is 351 g/mol. The molecule has 1 fully saturated rings. The van der Waals surface area contributed by atoms with E-state index in [0.29, 0.717) is 11.6 Å². The van der Waals surface area contributed by atoms with Crippen LogP contribution in [0.3, 0.4) is 0 Å². The maximum Gasteiger partial charge on any atom is 0.274 e. The van der Waals surface area contributed by atoms with Gasteiger partial charge in [0.25, 0.3) is 5.91 Å². The van der Waals surface area contributed by atoms with Crippen molar-refractivity contribution in [3.63, 3.8) is 0 Å². The highest BCUT2D eigenvalue weighted by Gasteiger charge is 2.31. The van der Waals surface area contributed by atoms with Crippen molar-refractivity contribution >= 4 is 16.9 Å². The predicted octanol–water partition coefficient (Wildman–Crippen LogP) is 3.50. The summed E-state index contributed by atoms with van der Waals surface area (Å²) in [6, 6.07) is 10.2. The van der Waals surface area contributed by atoms with Crippen molar-refractivity contribution in [1.82, 2.24) is 24.6 Å². The third kappa shape index (κ3) is 2.89. The van der Waals surface area contributed by atoms with E-state index in [1.807, 2.05) is 36.1 Å². The summed E-state index contributed by atoms with van der Waals surface area (Å²) in [5.41, 5.74) is 3.66. The van der Waals surface area contributed by atoms with Crippen molar-refractivity contribution in [3.8, 4) is 0 Å². The maximum absolute atomic E-state index is 13.0. The zero-order valence-electron chi connectivity index (χ0n) is 15.6. The number of hydrogen-bond donors (Lipinski definition) is 1. The van der Waals surface area contributed by atoms with Crippen molar-refractivity contribution in [1.29, 1.82) is 0 Å². The van der Waals surface area contributed by atoms with Gasteiger partial charge in [-0.2, -0.15) is 5.10 Å². The molecule has 0 aliphatic carbocycles. The molecular formula is C20H25N5O. The lowest BCUT2D eigenvalue weighted by Crippen LogP contribution is -2.38. The fraction of sp³-hybridized carbons (Fsp3) is 0.450. The zero-order chi connectivity index (χ0) is 18.3. The molecule has 3 aromatic rings. The van der Waals surface area contributed by atoms with Gasteiger partial charge in [0.05, 0.1) is 17.1 Å². The van der Waals surface area contributed by atoms with Gasteiger partial charge in [0.2, 0.25) is 0 Å². The number of H-pyrrole nitrogens is 1. The normalized spacial score (nSPS) is 17.5. The Morgan fingerprint density at radius 1 is 1.35 bits per heavy atom. The lowest BCUT2D eigenvalue weighted by Gasteiger charge is -2.25. The van der Waals surface area contributed by atoms with Gasteiger partial charge >= 0.3 is 0 Å². The second-order valence-electron chi connectivity index (χ2n) is 7.42. The lowest BCUT2D eigenvalue weighted by atomic mass is 10.1. The number of aromatic nitrogens is 4. The van der Waals surface area contributed by atoms with E-state index < -0.39 is 0 Å².